The number of hydrogen-bond acceptors (Lipinski definition) is 5. The van der Waals surface area contributed by atoms with Crippen LogP contribution in [0.25, 0.3) is 15.7 Å². The Morgan fingerprint density at radius 1 is 1.12 bits per heavy atom. The summed E-state index contributed by atoms with van der Waals surface area (Å²) in [5.74, 6) is 0.494. The highest BCUT2D eigenvalue weighted by molar-refractivity contribution is 7.19. The Hall–Kier alpha value is -2.61. The van der Waals surface area contributed by atoms with Crippen molar-refractivity contribution in [3.63, 3.8) is 0 Å². The largest absolute Gasteiger partial charge is 0.262 e. The van der Waals surface area contributed by atoms with E-state index in [0.717, 1.165) is 45.7 Å². The molecule has 0 N–H and O–H groups in total. The first-order chi connectivity index (χ1) is 12.1. The highest BCUT2D eigenvalue weighted by atomic mass is 32.1. The molecule has 0 saturated carbocycles. The molecular formula is C17H17FN6S. The third-order valence-corrected chi connectivity index (χ3v) is 4.81. The Balaban J connectivity index is 1.70. The van der Waals surface area contributed by atoms with E-state index in [1.165, 1.54) is 23.5 Å². The van der Waals surface area contributed by atoms with Gasteiger partial charge in [-0.1, -0.05) is 30.4 Å². The number of rotatable bonds is 5. The van der Waals surface area contributed by atoms with Crippen molar-refractivity contribution in [2.45, 2.75) is 33.2 Å². The predicted molar refractivity (Wildman–Crippen MR) is 94.1 cm³/mol. The van der Waals surface area contributed by atoms with Crippen LogP contribution < -0.4 is 0 Å². The molecule has 0 unspecified atom stereocenters. The summed E-state index contributed by atoms with van der Waals surface area (Å²) < 4.78 is 16.8. The third kappa shape index (κ3) is 3.05. The Kier molecular flexibility index (Phi) is 4.04. The lowest BCUT2D eigenvalue weighted by atomic mass is 10.1. The van der Waals surface area contributed by atoms with Crippen molar-refractivity contribution in [3.8, 4) is 10.7 Å². The Morgan fingerprint density at radius 2 is 1.92 bits per heavy atom. The van der Waals surface area contributed by atoms with Gasteiger partial charge < -0.3 is 0 Å². The molecule has 6 nitrogen and oxygen atoms in total. The highest BCUT2D eigenvalue weighted by Crippen LogP contribution is 2.27. The van der Waals surface area contributed by atoms with Crippen LogP contribution in [0.4, 0.5) is 4.39 Å². The van der Waals surface area contributed by atoms with E-state index in [9.17, 15) is 4.39 Å². The zero-order chi connectivity index (χ0) is 17.4. The van der Waals surface area contributed by atoms with Crippen molar-refractivity contribution in [2.75, 3.05) is 0 Å². The Morgan fingerprint density at radius 3 is 2.68 bits per heavy atom. The first kappa shape index (κ1) is 15.9. The predicted octanol–water partition coefficient (Wildman–Crippen LogP) is 3.50. The van der Waals surface area contributed by atoms with Gasteiger partial charge in [0.15, 0.2) is 10.8 Å². The van der Waals surface area contributed by atoms with Gasteiger partial charge in [-0.05, 0) is 37.1 Å². The number of fused-ring (bicyclic) bond motifs is 1. The Labute approximate surface area is 147 Å². The molecule has 0 aliphatic rings. The zero-order valence-electron chi connectivity index (χ0n) is 14.0. The van der Waals surface area contributed by atoms with E-state index in [2.05, 4.69) is 27.3 Å². The minimum absolute atomic E-state index is 0.245. The fourth-order valence-electron chi connectivity index (χ4n) is 2.76. The number of aromatic nitrogens is 6. The van der Waals surface area contributed by atoms with Gasteiger partial charge in [0, 0.05) is 13.0 Å². The van der Waals surface area contributed by atoms with Gasteiger partial charge in [0.2, 0.25) is 4.96 Å². The van der Waals surface area contributed by atoms with E-state index in [1.54, 1.807) is 16.6 Å². The average molecular weight is 356 g/mol. The van der Waals surface area contributed by atoms with E-state index >= 15 is 0 Å². The summed E-state index contributed by atoms with van der Waals surface area (Å²) in [5.41, 5.74) is 2.95. The molecule has 3 aromatic heterocycles. The number of aryl methyl sites for hydroxylation is 2. The second-order valence-corrected chi connectivity index (χ2v) is 6.87. The SMILES string of the molecule is CCCn1nc(C)cc1-c1nn2c(Cc3ccc(F)cc3)nnc2s1. The lowest BCUT2D eigenvalue weighted by Gasteiger charge is -2.02. The molecule has 0 saturated heterocycles. The molecular weight excluding hydrogens is 339 g/mol. The van der Waals surface area contributed by atoms with Crippen molar-refractivity contribution >= 4 is 16.3 Å². The maximum atomic E-state index is 13.1. The molecule has 0 aliphatic carbocycles. The summed E-state index contributed by atoms with van der Waals surface area (Å²) in [6, 6.07) is 8.45. The maximum absolute atomic E-state index is 13.1. The molecule has 128 valence electrons. The van der Waals surface area contributed by atoms with Gasteiger partial charge in [0.1, 0.15) is 5.82 Å². The summed E-state index contributed by atoms with van der Waals surface area (Å²) in [5, 5.41) is 18.5. The second kappa shape index (κ2) is 6.36. The summed E-state index contributed by atoms with van der Waals surface area (Å²) in [7, 11) is 0. The monoisotopic (exact) mass is 356 g/mol. The van der Waals surface area contributed by atoms with Crippen molar-refractivity contribution in [1.29, 1.82) is 0 Å². The van der Waals surface area contributed by atoms with E-state index < -0.39 is 0 Å². The van der Waals surface area contributed by atoms with Crippen LogP contribution in [-0.4, -0.2) is 29.6 Å². The Bertz CT molecular complexity index is 1010. The van der Waals surface area contributed by atoms with Gasteiger partial charge in [-0.15, -0.1) is 10.2 Å². The number of benzene rings is 1. The molecule has 0 aliphatic heterocycles. The molecule has 8 heteroatoms. The van der Waals surface area contributed by atoms with Crippen LogP contribution in [0, 0.1) is 12.7 Å². The molecule has 0 radical (unpaired) electrons. The van der Waals surface area contributed by atoms with Gasteiger partial charge in [-0.2, -0.15) is 14.7 Å². The minimum Gasteiger partial charge on any atom is -0.262 e. The molecule has 0 atom stereocenters. The average Bonchev–Trinajstić information content (AvgIpc) is 3.25. The van der Waals surface area contributed by atoms with Gasteiger partial charge in [-0.25, -0.2) is 4.39 Å². The van der Waals surface area contributed by atoms with E-state index in [1.807, 2.05) is 17.7 Å². The summed E-state index contributed by atoms with van der Waals surface area (Å²) in [4.78, 5) is 0.744. The molecule has 4 rings (SSSR count). The fourth-order valence-corrected chi connectivity index (χ4v) is 3.63. The van der Waals surface area contributed by atoms with Crippen molar-refractivity contribution in [1.82, 2.24) is 29.6 Å². The molecule has 25 heavy (non-hydrogen) atoms. The van der Waals surface area contributed by atoms with Crippen molar-refractivity contribution < 1.29 is 4.39 Å². The molecule has 4 aromatic rings. The maximum Gasteiger partial charge on any atom is 0.235 e. The fraction of sp³-hybridized carbons (Fsp3) is 0.294. The van der Waals surface area contributed by atoms with Gasteiger partial charge in [0.25, 0.3) is 0 Å². The topological polar surface area (TPSA) is 60.9 Å². The summed E-state index contributed by atoms with van der Waals surface area (Å²) in [6.45, 7) is 4.96. The quantitative estimate of drug-likeness (QED) is 0.549. The van der Waals surface area contributed by atoms with Gasteiger partial charge in [-0.3, -0.25) is 4.68 Å². The van der Waals surface area contributed by atoms with Crippen LogP contribution in [-0.2, 0) is 13.0 Å². The first-order valence-corrected chi connectivity index (χ1v) is 8.96. The summed E-state index contributed by atoms with van der Waals surface area (Å²) in [6.07, 6.45) is 1.56. The smallest absolute Gasteiger partial charge is 0.235 e. The molecule has 1 aromatic carbocycles. The van der Waals surface area contributed by atoms with Crippen LogP contribution in [0.5, 0.6) is 0 Å². The standard InChI is InChI=1S/C17H17FN6S/c1-3-8-23-14(9-11(2)21-23)16-22-24-15(19-20-17(24)25-16)10-12-4-6-13(18)7-5-12/h4-7,9H,3,8,10H2,1-2H3. The molecule has 3 heterocycles. The van der Waals surface area contributed by atoms with Crippen LogP contribution in [0.2, 0.25) is 0 Å². The highest BCUT2D eigenvalue weighted by Gasteiger charge is 2.17. The zero-order valence-corrected chi connectivity index (χ0v) is 14.8. The van der Waals surface area contributed by atoms with Crippen LogP contribution in [0.3, 0.4) is 0 Å². The van der Waals surface area contributed by atoms with E-state index in [-0.39, 0.29) is 5.82 Å². The molecule has 0 bridgehead atoms. The van der Waals surface area contributed by atoms with E-state index in [4.69, 9.17) is 0 Å². The summed E-state index contributed by atoms with van der Waals surface area (Å²) >= 11 is 1.49. The molecule has 0 fully saturated rings. The molecule has 0 spiro atoms. The van der Waals surface area contributed by atoms with Crippen LogP contribution in [0.1, 0.15) is 30.4 Å². The lowest BCUT2D eigenvalue weighted by molar-refractivity contribution is 0.603. The molecule has 0 amide bonds. The number of hydrogen-bond donors (Lipinski definition) is 0. The van der Waals surface area contributed by atoms with Crippen molar-refractivity contribution in [3.05, 3.63) is 53.2 Å². The number of halogens is 1. The second-order valence-electron chi connectivity index (χ2n) is 5.92. The first-order valence-electron chi connectivity index (χ1n) is 8.14. The van der Waals surface area contributed by atoms with Crippen molar-refractivity contribution in [2.24, 2.45) is 0 Å². The van der Waals surface area contributed by atoms with Gasteiger partial charge >= 0.3 is 0 Å². The van der Waals surface area contributed by atoms with E-state index in [0.29, 0.717) is 6.42 Å². The third-order valence-electron chi connectivity index (χ3n) is 3.89. The minimum atomic E-state index is -0.245. The lowest BCUT2D eigenvalue weighted by Crippen LogP contribution is -2.02. The van der Waals surface area contributed by atoms with Gasteiger partial charge in [0.05, 0.1) is 11.4 Å². The van der Waals surface area contributed by atoms with Crippen LogP contribution >= 0.6 is 11.3 Å². The number of nitrogens with zero attached hydrogens (tertiary/aromatic N) is 6. The van der Waals surface area contributed by atoms with Crippen LogP contribution in [0.15, 0.2) is 30.3 Å². The normalized spacial score (nSPS) is 11.5.